The molecule has 0 aromatic heterocycles. The van der Waals surface area contributed by atoms with Crippen molar-refractivity contribution in [3.05, 3.63) is 36.6 Å². The van der Waals surface area contributed by atoms with Gasteiger partial charge in [0, 0.05) is 12.0 Å². The first kappa shape index (κ1) is 26.3. The maximum absolute atomic E-state index is 14.8. The second kappa shape index (κ2) is 9.14. The summed E-state index contributed by atoms with van der Waals surface area (Å²) in [5.74, 6) is -0.409. The molecule has 2 aliphatic rings. The van der Waals surface area contributed by atoms with Gasteiger partial charge in [-0.05, 0) is 12.2 Å². The molecule has 0 spiro atoms. The van der Waals surface area contributed by atoms with E-state index < -0.39 is 53.2 Å². The predicted molar refractivity (Wildman–Crippen MR) is 104 cm³/mol. The van der Waals surface area contributed by atoms with Crippen LogP contribution in [0.1, 0.15) is 0 Å². The molecule has 2 rings (SSSR count). The zero-order chi connectivity index (χ0) is 23.8. The van der Waals surface area contributed by atoms with E-state index in [0.717, 1.165) is 4.90 Å². The van der Waals surface area contributed by atoms with Gasteiger partial charge in [0.2, 0.25) is 0 Å². The van der Waals surface area contributed by atoms with E-state index >= 15 is 0 Å². The smallest absolute Gasteiger partial charge is 0.386 e. The molecule has 0 amide bonds. The lowest BCUT2D eigenvalue weighted by molar-refractivity contribution is -0.0726. The zero-order valence-corrected chi connectivity index (χ0v) is 18.6. The second-order valence-corrected chi connectivity index (χ2v) is 11.1. The highest BCUT2D eigenvalue weighted by molar-refractivity contribution is 7.69. The van der Waals surface area contributed by atoms with Crippen LogP contribution in [0.4, 0.5) is 4.39 Å². The van der Waals surface area contributed by atoms with Crippen molar-refractivity contribution >= 4 is 40.7 Å². The van der Waals surface area contributed by atoms with Crippen molar-refractivity contribution in [2.45, 2.75) is 24.1 Å². The number of amidine groups is 1. The lowest BCUT2D eigenvalue weighted by Gasteiger charge is -2.31. The van der Waals surface area contributed by atoms with E-state index in [1.165, 1.54) is 12.3 Å². The minimum atomic E-state index is -5.70. The number of aliphatic imine (C=N–C) groups is 1. The average Bonchev–Trinajstić information content (AvgIpc) is 2.82. The van der Waals surface area contributed by atoms with Gasteiger partial charge in [-0.1, -0.05) is 6.58 Å². The SMILES string of the molecule is C=C1N=C(N)C=CN1[C@@H]1O[C@@](/C=C\P(=O)(O)OP(=O)(O)OP(=O)(O)O)(CCl)[C@@H](O)[C@H]1F. The molecule has 0 aromatic carbocycles. The van der Waals surface area contributed by atoms with Crippen LogP contribution in [-0.2, 0) is 27.1 Å². The van der Waals surface area contributed by atoms with Crippen LogP contribution in [0.15, 0.2) is 41.6 Å². The van der Waals surface area contributed by atoms with Gasteiger partial charge >= 0.3 is 23.2 Å². The van der Waals surface area contributed by atoms with E-state index in [4.69, 9.17) is 31.9 Å². The summed E-state index contributed by atoms with van der Waals surface area (Å²) in [4.78, 5) is 40.8. The number of nitrogens with zero attached hydrogens (tertiary/aromatic N) is 2. The highest BCUT2D eigenvalue weighted by Gasteiger charge is 2.56. The van der Waals surface area contributed by atoms with Gasteiger partial charge in [0.05, 0.1) is 5.88 Å². The fraction of sp³-hybridized carbons (Fsp3) is 0.417. The number of alkyl halides is 2. The van der Waals surface area contributed by atoms with Crippen molar-refractivity contribution < 1.29 is 56.1 Å². The standard InChI is InChI=1S/C12H18ClFN3O11P3/c1-7-16-8(15)2-4-17(7)11-9(14)10(18)12(6-13,26-11)3-5-29(19,20)27-31(24,25)28-30(21,22)23/h2-5,9-11,18H,1,6H2,(H2,15,16)(H,19,20)(H,24,25)(H2,21,22,23)/b5-3-/t9-,10+,11-,12+/m1/s1. The molecule has 2 heterocycles. The van der Waals surface area contributed by atoms with Crippen molar-refractivity contribution in [2.24, 2.45) is 10.7 Å². The Morgan fingerprint density at radius 2 is 1.97 bits per heavy atom. The first-order valence-corrected chi connectivity index (χ1v) is 13.1. The Hall–Kier alpha value is -0.920. The van der Waals surface area contributed by atoms with Crippen LogP contribution in [0, 0.1) is 0 Å². The van der Waals surface area contributed by atoms with Crippen molar-refractivity contribution in [3.8, 4) is 0 Å². The molecule has 31 heavy (non-hydrogen) atoms. The van der Waals surface area contributed by atoms with E-state index in [2.05, 4.69) is 20.2 Å². The first-order chi connectivity index (χ1) is 14.0. The van der Waals surface area contributed by atoms with E-state index in [1.54, 1.807) is 0 Å². The molecule has 176 valence electrons. The van der Waals surface area contributed by atoms with Gasteiger partial charge in [-0.3, -0.25) is 4.57 Å². The Kier molecular flexibility index (Phi) is 7.77. The molecule has 14 nitrogen and oxygen atoms in total. The van der Waals surface area contributed by atoms with Crippen LogP contribution >= 0.6 is 34.8 Å². The van der Waals surface area contributed by atoms with Gasteiger partial charge in [-0.25, -0.2) is 22.8 Å². The Balaban J connectivity index is 2.25. The van der Waals surface area contributed by atoms with Gasteiger partial charge in [0.25, 0.3) is 0 Å². The topological polar surface area (TPSA) is 222 Å². The number of hydrogen-bond donors (Lipinski definition) is 6. The molecule has 1 saturated heterocycles. The fourth-order valence-electron chi connectivity index (χ4n) is 2.55. The third-order valence-electron chi connectivity index (χ3n) is 3.83. The highest BCUT2D eigenvalue weighted by atomic mass is 35.5. The summed E-state index contributed by atoms with van der Waals surface area (Å²) in [6, 6.07) is 0. The number of aliphatic hydroxyl groups is 1. The van der Waals surface area contributed by atoms with Crippen molar-refractivity contribution in [2.75, 3.05) is 5.88 Å². The monoisotopic (exact) mass is 527 g/mol. The third kappa shape index (κ3) is 6.55. The van der Waals surface area contributed by atoms with Crippen LogP contribution < -0.4 is 5.73 Å². The minimum absolute atomic E-state index is 0.0406. The number of hydrogen-bond acceptors (Lipinski definition) is 10. The second-order valence-electron chi connectivity index (χ2n) is 6.16. The number of nitrogens with two attached hydrogens (primary N) is 1. The lowest BCUT2D eigenvalue weighted by Crippen LogP contribution is -2.42. The number of halogens is 2. The summed E-state index contributed by atoms with van der Waals surface area (Å²) in [5.41, 5.74) is 3.37. The normalized spacial score (nSPS) is 33.4. The summed E-state index contributed by atoms with van der Waals surface area (Å²) in [6.07, 6.45) is -2.50. The van der Waals surface area contributed by atoms with Crippen molar-refractivity contribution in [1.29, 1.82) is 0 Å². The number of aliphatic hydroxyl groups excluding tert-OH is 1. The number of phosphoric acid groups is 2. The third-order valence-corrected chi connectivity index (χ3v) is 8.22. The van der Waals surface area contributed by atoms with E-state index in [9.17, 15) is 33.0 Å². The van der Waals surface area contributed by atoms with Crippen LogP contribution in [-0.4, -0.2) is 65.4 Å². The van der Waals surface area contributed by atoms with Crippen LogP contribution in [0.2, 0.25) is 0 Å². The quantitative estimate of drug-likeness (QED) is 0.188. The predicted octanol–water partition coefficient (Wildman–Crippen LogP) is 0.602. The molecule has 7 N–H and O–H groups in total. The van der Waals surface area contributed by atoms with E-state index in [0.29, 0.717) is 6.08 Å². The van der Waals surface area contributed by atoms with Crippen LogP contribution in [0.25, 0.3) is 0 Å². The molecule has 0 bridgehead atoms. The molecule has 0 aliphatic carbocycles. The Bertz CT molecular complexity index is 971. The van der Waals surface area contributed by atoms with Crippen LogP contribution in [0.3, 0.4) is 0 Å². The molecule has 6 atom stereocenters. The maximum Gasteiger partial charge on any atom is 0.488 e. The molecular formula is C12H18ClFN3O11P3. The number of ether oxygens (including phenoxy) is 1. The summed E-state index contributed by atoms with van der Waals surface area (Å²) in [7, 11) is -16.5. The zero-order valence-electron chi connectivity index (χ0n) is 15.2. The largest absolute Gasteiger partial charge is 0.488 e. The maximum atomic E-state index is 14.8. The molecular weight excluding hydrogens is 510 g/mol. The van der Waals surface area contributed by atoms with Gasteiger partial charge in [0.1, 0.15) is 23.4 Å². The van der Waals surface area contributed by atoms with Crippen molar-refractivity contribution in [1.82, 2.24) is 4.90 Å². The molecule has 0 radical (unpaired) electrons. The Morgan fingerprint density at radius 3 is 2.48 bits per heavy atom. The fourth-order valence-corrected chi connectivity index (χ4v) is 6.17. The molecule has 2 unspecified atom stereocenters. The summed E-state index contributed by atoms with van der Waals surface area (Å²) in [5, 5.41) is 10.3. The number of rotatable bonds is 8. The van der Waals surface area contributed by atoms with Gasteiger partial charge in [0.15, 0.2) is 12.4 Å². The molecule has 0 saturated carbocycles. The average molecular weight is 528 g/mol. The van der Waals surface area contributed by atoms with Gasteiger partial charge in [-0.2, -0.15) is 4.31 Å². The Morgan fingerprint density at radius 1 is 1.35 bits per heavy atom. The molecule has 1 fully saturated rings. The lowest BCUT2D eigenvalue weighted by atomic mass is 9.98. The minimum Gasteiger partial charge on any atom is -0.386 e. The van der Waals surface area contributed by atoms with Gasteiger partial charge in [-0.15, -0.1) is 11.6 Å². The molecule has 0 aromatic rings. The Labute approximate surface area is 179 Å². The first-order valence-electron chi connectivity index (χ1n) is 7.90. The van der Waals surface area contributed by atoms with E-state index in [1.807, 2.05) is 0 Å². The summed E-state index contributed by atoms with van der Waals surface area (Å²) < 4.78 is 61.6. The molecule has 2 aliphatic heterocycles. The van der Waals surface area contributed by atoms with Crippen LogP contribution in [0.5, 0.6) is 0 Å². The summed E-state index contributed by atoms with van der Waals surface area (Å²) >= 11 is 5.78. The van der Waals surface area contributed by atoms with E-state index in [-0.39, 0.29) is 17.5 Å². The molecule has 19 heteroatoms. The summed E-state index contributed by atoms with van der Waals surface area (Å²) in [6.45, 7) is 3.57. The van der Waals surface area contributed by atoms with Crippen molar-refractivity contribution in [3.63, 3.8) is 0 Å². The van der Waals surface area contributed by atoms with Gasteiger partial charge < -0.3 is 40.1 Å². The highest BCUT2D eigenvalue weighted by Crippen LogP contribution is 2.66.